The molecule has 0 spiro atoms. The molecule has 298 valence electrons. The van der Waals surface area contributed by atoms with Crippen molar-refractivity contribution in [2.75, 3.05) is 47.1 Å². The van der Waals surface area contributed by atoms with Gasteiger partial charge in [-0.2, -0.15) is 0 Å². The van der Waals surface area contributed by atoms with E-state index in [0.29, 0.717) is 23.7 Å². The van der Waals surface area contributed by atoms with E-state index < -0.39 is 16.5 Å². The summed E-state index contributed by atoms with van der Waals surface area (Å²) in [5.41, 5.74) is 7.79. The van der Waals surface area contributed by atoms with Crippen LogP contribution >= 0.6 is 0 Å². The van der Waals surface area contributed by atoms with Crippen LogP contribution in [-0.2, 0) is 9.47 Å². The van der Waals surface area contributed by atoms with Gasteiger partial charge in [-0.1, -0.05) is 148 Å². The number of nitrogens with one attached hydrogen (secondary N) is 1. The molecule has 2 aliphatic heterocycles. The van der Waals surface area contributed by atoms with Gasteiger partial charge in [-0.15, -0.1) is 0 Å². The Hall–Kier alpha value is -0.556. The van der Waals surface area contributed by atoms with Gasteiger partial charge in [-0.3, -0.25) is 0 Å². The largest absolute Gasteiger partial charge is 2.00 e. The summed E-state index contributed by atoms with van der Waals surface area (Å²) in [5, 5.41) is 5.38. The molecule has 2 fully saturated rings. The van der Waals surface area contributed by atoms with Crippen molar-refractivity contribution in [3.05, 3.63) is 68.6 Å². The van der Waals surface area contributed by atoms with Gasteiger partial charge in [-0.25, -0.2) is 5.32 Å². The SMILES string of the molecule is C1CCOC1.C1CCOC1.CC(C)c1cccc(C(C)C)c1[N-]C(CCCN(C)C)=[NH+]c1c(C(C)C)cccc1C(C)C.C[Si](C)(C)[N-][Si](C)(C)C.[Ca+2]. The molecule has 0 atom stereocenters. The second-order valence-corrected chi connectivity index (χ2v) is 27.5. The average molecular weight is 794 g/mol. The molecule has 6 nitrogen and oxygen atoms in total. The number of para-hydroxylation sites is 2. The van der Waals surface area contributed by atoms with Gasteiger partial charge in [0.25, 0.3) is 0 Å². The van der Waals surface area contributed by atoms with E-state index in [2.05, 4.69) is 155 Å². The number of rotatable bonds is 12. The Kier molecular flexibility index (Phi) is 26.9. The fourth-order valence-electron chi connectivity index (χ4n) is 6.35. The van der Waals surface area contributed by atoms with E-state index in [4.69, 9.17) is 19.4 Å². The average Bonchev–Trinajstić information content (AvgIpc) is 3.79. The van der Waals surface area contributed by atoms with Gasteiger partial charge in [0.15, 0.2) is 0 Å². The molecule has 0 aromatic heterocycles. The fraction of sp³-hybridized carbons (Fsp3) is 0.705. The van der Waals surface area contributed by atoms with Gasteiger partial charge in [0.1, 0.15) is 5.84 Å². The number of ether oxygens (including phenoxy) is 2. The van der Waals surface area contributed by atoms with E-state index in [1.807, 2.05) is 0 Å². The van der Waals surface area contributed by atoms with Crippen molar-refractivity contribution < 1.29 is 14.5 Å². The van der Waals surface area contributed by atoms with Crippen molar-refractivity contribution in [1.29, 1.82) is 0 Å². The van der Waals surface area contributed by atoms with Crippen molar-refractivity contribution in [2.24, 2.45) is 0 Å². The maximum absolute atomic E-state index is 5.38. The molecule has 0 radical (unpaired) electrons. The molecule has 0 saturated carbocycles. The first-order chi connectivity index (χ1) is 24.2. The molecule has 1 N–H and O–H groups in total. The third-order valence-electron chi connectivity index (χ3n) is 8.58. The van der Waals surface area contributed by atoms with Gasteiger partial charge in [0.05, 0.1) is 5.69 Å². The molecule has 2 aliphatic rings. The summed E-state index contributed by atoms with van der Waals surface area (Å²) in [6.45, 7) is 37.0. The van der Waals surface area contributed by atoms with E-state index >= 15 is 0 Å². The zero-order valence-corrected chi connectivity index (χ0v) is 41.6. The molecular weight excluding hydrogens is 713 g/mol. The van der Waals surface area contributed by atoms with Crippen LogP contribution in [0.5, 0.6) is 0 Å². The van der Waals surface area contributed by atoms with Crippen LogP contribution < -0.4 is 4.99 Å². The Balaban J connectivity index is 0.00000109. The van der Waals surface area contributed by atoms with Crippen LogP contribution in [0.1, 0.15) is 140 Å². The molecule has 0 unspecified atom stereocenters. The second-order valence-electron chi connectivity index (χ2n) is 17.9. The number of hydrogen-bond donors (Lipinski definition) is 1. The summed E-state index contributed by atoms with van der Waals surface area (Å²) >= 11 is 0. The van der Waals surface area contributed by atoms with Crippen LogP contribution in [0, 0.1) is 0 Å². The molecule has 2 aromatic carbocycles. The first-order valence-electron chi connectivity index (χ1n) is 20.4. The maximum Gasteiger partial charge on any atom is 2.00 e. The maximum atomic E-state index is 5.38. The molecule has 2 aromatic rings. The number of amidine groups is 1. The van der Waals surface area contributed by atoms with Crippen molar-refractivity contribution in [3.8, 4) is 0 Å². The Morgan fingerprint density at radius 2 is 1.00 bits per heavy atom. The van der Waals surface area contributed by atoms with Crippen LogP contribution in [0.2, 0.25) is 39.3 Å². The van der Waals surface area contributed by atoms with E-state index in [-0.39, 0.29) is 37.7 Å². The van der Waals surface area contributed by atoms with Gasteiger partial charge >= 0.3 is 37.7 Å². The predicted octanol–water partition coefficient (Wildman–Crippen LogP) is 11.6. The van der Waals surface area contributed by atoms with Crippen LogP contribution in [0.25, 0.3) is 9.96 Å². The standard InChI is InChI=1S/C30H46N3.C6H18NSi2.2C4H8O.Ca/c1-20(2)24-14-11-15-25(21(3)4)29(24)31-28(18-13-19-33(9)10)32-30-26(22(5)6)16-12-17-27(30)23(7)8;1-8(2,3)7-9(4,5)6;2*1-2-4-5-3-1;/h11-12,14-17,20-23H,13,18-19H2,1-10H3;1-6H3;2*1-4H2;/q2*-1;;;+2/p+1. The van der Waals surface area contributed by atoms with Crippen molar-refractivity contribution in [2.45, 2.75) is 157 Å². The third kappa shape index (κ3) is 23.3. The summed E-state index contributed by atoms with van der Waals surface area (Å²) in [6, 6.07) is 13.4. The molecule has 0 amide bonds. The summed E-state index contributed by atoms with van der Waals surface area (Å²) in [6.07, 6.45) is 7.10. The zero-order valence-electron chi connectivity index (χ0n) is 37.4. The van der Waals surface area contributed by atoms with E-state index in [1.165, 1.54) is 53.6 Å². The smallest absolute Gasteiger partial charge is 0.668 e. The molecule has 4 rings (SSSR count). The first kappa shape index (κ1) is 52.4. The van der Waals surface area contributed by atoms with Crippen LogP contribution in [-0.4, -0.2) is 112 Å². The number of benzene rings is 2. The Morgan fingerprint density at radius 3 is 1.26 bits per heavy atom. The molecule has 53 heavy (non-hydrogen) atoms. The van der Waals surface area contributed by atoms with Gasteiger partial charge in [0, 0.05) is 38.5 Å². The Labute approximate surface area is 360 Å². The van der Waals surface area contributed by atoms with Crippen molar-refractivity contribution in [3.63, 3.8) is 0 Å². The van der Waals surface area contributed by atoms with Gasteiger partial charge in [-0.05, 0) is 98.7 Å². The minimum atomic E-state index is -1.11. The summed E-state index contributed by atoms with van der Waals surface area (Å²) in [7, 11) is 2.07. The van der Waals surface area contributed by atoms with Crippen molar-refractivity contribution in [1.82, 2.24) is 4.90 Å². The van der Waals surface area contributed by atoms with E-state index in [9.17, 15) is 0 Å². The normalized spacial score (nSPS) is 14.8. The van der Waals surface area contributed by atoms with Gasteiger partial charge < -0.3 is 24.0 Å². The summed E-state index contributed by atoms with van der Waals surface area (Å²) in [4.78, 5) is 6.12. The van der Waals surface area contributed by atoms with Gasteiger partial charge in [0.2, 0.25) is 0 Å². The van der Waals surface area contributed by atoms with Crippen LogP contribution in [0.3, 0.4) is 0 Å². The molecular formula is C44H81CaN4O2Si2+. The predicted molar refractivity (Wildman–Crippen MR) is 242 cm³/mol. The minimum absolute atomic E-state index is 0. The third-order valence-corrected chi connectivity index (χ3v) is 13.9. The fourth-order valence-corrected chi connectivity index (χ4v) is 14.4. The molecule has 0 aliphatic carbocycles. The number of hydrogen-bond acceptors (Lipinski definition) is 3. The second kappa shape index (κ2) is 27.1. The Bertz CT molecular complexity index is 1200. The number of nitrogens with zero attached hydrogens (tertiary/aromatic N) is 3. The Morgan fingerprint density at radius 1 is 0.642 bits per heavy atom. The van der Waals surface area contributed by atoms with E-state index in [0.717, 1.165) is 57.3 Å². The van der Waals surface area contributed by atoms with Crippen LogP contribution in [0.15, 0.2) is 36.4 Å². The molecule has 0 bridgehead atoms. The summed E-state index contributed by atoms with van der Waals surface area (Å²) in [5.74, 6) is 2.83. The van der Waals surface area contributed by atoms with E-state index in [1.54, 1.807) is 0 Å². The molecule has 2 saturated heterocycles. The minimum Gasteiger partial charge on any atom is -0.668 e. The quantitative estimate of drug-likeness (QED) is 0.132. The monoisotopic (exact) mass is 794 g/mol. The zero-order chi connectivity index (χ0) is 39.5. The van der Waals surface area contributed by atoms with Crippen LogP contribution in [0.4, 0.5) is 11.4 Å². The first-order valence-corrected chi connectivity index (χ1v) is 27.3. The van der Waals surface area contributed by atoms with Crippen molar-refractivity contribution >= 4 is 71.4 Å². The summed E-state index contributed by atoms with van der Waals surface area (Å²) < 4.78 is 14.7. The molecule has 9 heteroatoms. The molecule has 2 heterocycles. The topological polar surface area (TPSA) is 63.9 Å².